The fourth-order valence-corrected chi connectivity index (χ4v) is 3.46. The molecule has 1 rings (SSSR count). The van der Waals surface area contributed by atoms with E-state index in [1.807, 2.05) is 13.8 Å². The third-order valence-electron chi connectivity index (χ3n) is 5.25. The molecule has 0 saturated carbocycles. The van der Waals surface area contributed by atoms with E-state index in [2.05, 4.69) is 6.92 Å². The molecule has 0 amide bonds. The molecule has 0 radical (unpaired) electrons. The lowest BCUT2D eigenvalue weighted by Gasteiger charge is -2.07. The van der Waals surface area contributed by atoms with Gasteiger partial charge in [0.05, 0.1) is 12.7 Å². The number of esters is 2. The summed E-state index contributed by atoms with van der Waals surface area (Å²) in [6.45, 7) is 8.11. The van der Waals surface area contributed by atoms with Gasteiger partial charge in [0.2, 0.25) is 0 Å². The highest BCUT2D eigenvalue weighted by Gasteiger charge is 2.09. The topological polar surface area (TPSA) is 72.8 Å². The molecule has 33 heavy (non-hydrogen) atoms. The molecule has 0 unspecified atom stereocenters. The van der Waals surface area contributed by atoms with Crippen LogP contribution >= 0.6 is 0 Å². The summed E-state index contributed by atoms with van der Waals surface area (Å²) in [5.74, 6) is -0.570. The van der Waals surface area contributed by atoms with Gasteiger partial charge in [-0.1, -0.05) is 96.1 Å². The van der Waals surface area contributed by atoms with Crippen LogP contribution in [0.15, 0.2) is 24.3 Å². The number of carbonyl (C=O) groups excluding carboxylic acids is 2. The SMILES string of the molecule is CCCCCCCCCCCCCCCC(=O)OC(C)C.CCOC(=O)c1ccccc1O. The second kappa shape index (κ2) is 21.8. The standard InChI is InChI=1S/C19H38O2.C9H10O3/c1-4-5-6-7-8-9-10-11-12-13-14-15-16-17-19(20)21-18(2)3;1-2-12-9(11)7-5-3-4-6-8(7)10/h18H,4-17H2,1-3H3;3-6,10H,2H2,1H3. The molecule has 0 aliphatic heterocycles. The molecule has 0 spiro atoms. The molecule has 0 bridgehead atoms. The Kier molecular flexibility index (Phi) is 20.4. The number of ether oxygens (including phenoxy) is 2. The monoisotopic (exact) mass is 464 g/mol. The number of rotatable bonds is 17. The quantitative estimate of drug-likeness (QED) is 0.187. The van der Waals surface area contributed by atoms with Crippen LogP contribution in [0.3, 0.4) is 0 Å². The van der Waals surface area contributed by atoms with Gasteiger partial charge in [-0.05, 0) is 39.3 Å². The summed E-state index contributed by atoms with van der Waals surface area (Å²) in [6, 6.07) is 6.30. The molecule has 0 fully saturated rings. The predicted octanol–water partition coefficient (Wildman–Crippen LogP) is 7.99. The first-order chi connectivity index (χ1) is 15.9. The molecule has 0 saturated heterocycles. The molecule has 1 aromatic carbocycles. The van der Waals surface area contributed by atoms with Crippen LogP contribution in [0.2, 0.25) is 0 Å². The van der Waals surface area contributed by atoms with E-state index in [0.29, 0.717) is 13.0 Å². The maximum Gasteiger partial charge on any atom is 0.341 e. The largest absolute Gasteiger partial charge is 0.507 e. The van der Waals surface area contributed by atoms with E-state index >= 15 is 0 Å². The van der Waals surface area contributed by atoms with Crippen molar-refractivity contribution in [1.82, 2.24) is 0 Å². The summed E-state index contributed by atoms with van der Waals surface area (Å²) in [6.07, 6.45) is 18.0. The van der Waals surface area contributed by atoms with E-state index in [9.17, 15) is 14.7 Å². The van der Waals surface area contributed by atoms with Crippen molar-refractivity contribution in [2.75, 3.05) is 6.61 Å². The smallest absolute Gasteiger partial charge is 0.341 e. The van der Waals surface area contributed by atoms with Gasteiger partial charge >= 0.3 is 11.9 Å². The van der Waals surface area contributed by atoms with Crippen molar-refractivity contribution in [1.29, 1.82) is 0 Å². The van der Waals surface area contributed by atoms with Gasteiger partial charge in [-0.25, -0.2) is 4.79 Å². The third kappa shape index (κ3) is 19.2. The van der Waals surface area contributed by atoms with Crippen LogP contribution in [-0.2, 0) is 14.3 Å². The average molecular weight is 465 g/mol. The predicted molar refractivity (Wildman–Crippen MR) is 136 cm³/mol. The zero-order valence-corrected chi connectivity index (χ0v) is 21.6. The van der Waals surface area contributed by atoms with Crippen LogP contribution in [0.5, 0.6) is 5.75 Å². The first kappa shape index (κ1) is 31.0. The summed E-state index contributed by atoms with van der Waals surface area (Å²) in [5, 5.41) is 9.21. The summed E-state index contributed by atoms with van der Waals surface area (Å²) in [7, 11) is 0. The number of carbonyl (C=O) groups is 2. The molecule has 5 heteroatoms. The Morgan fingerprint density at radius 2 is 1.27 bits per heavy atom. The van der Waals surface area contributed by atoms with E-state index in [-0.39, 0.29) is 23.4 Å². The fourth-order valence-electron chi connectivity index (χ4n) is 3.46. The van der Waals surface area contributed by atoms with E-state index in [4.69, 9.17) is 9.47 Å². The van der Waals surface area contributed by atoms with Gasteiger partial charge < -0.3 is 14.6 Å². The third-order valence-corrected chi connectivity index (χ3v) is 5.25. The summed E-state index contributed by atoms with van der Waals surface area (Å²) >= 11 is 0. The molecule has 5 nitrogen and oxygen atoms in total. The van der Waals surface area contributed by atoms with Crippen LogP contribution in [0.1, 0.15) is 128 Å². The lowest BCUT2D eigenvalue weighted by atomic mass is 10.0. The summed E-state index contributed by atoms with van der Waals surface area (Å²) in [4.78, 5) is 22.4. The number of unbranched alkanes of at least 4 members (excludes halogenated alkanes) is 12. The van der Waals surface area contributed by atoms with Gasteiger partial charge in [-0.2, -0.15) is 0 Å². The van der Waals surface area contributed by atoms with Crippen LogP contribution in [-0.4, -0.2) is 29.8 Å². The van der Waals surface area contributed by atoms with E-state index in [1.54, 1.807) is 19.1 Å². The highest BCUT2D eigenvalue weighted by atomic mass is 16.5. The summed E-state index contributed by atoms with van der Waals surface area (Å²) in [5.41, 5.74) is 0.208. The van der Waals surface area contributed by atoms with E-state index in [1.165, 1.54) is 89.2 Å². The van der Waals surface area contributed by atoms with Crippen molar-refractivity contribution in [2.24, 2.45) is 0 Å². The van der Waals surface area contributed by atoms with Gasteiger partial charge in [-0.3, -0.25) is 4.79 Å². The van der Waals surface area contributed by atoms with E-state index < -0.39 is 5.97 Å². The number of benzene rings is 1. The minimum atomic E-state index is -0.490. The van der Waals surface area contributed by atoms with Crippen molar-refractivity contribution in [3.05, 3.63) is 29.8 Å². The van der Waals surface area contributed by atoms with Crippen molar-refractivity contribution < 1.29 is 24.2 Å². The van der Waals surface area contributed by atoms with Crippen molar-refractivity contribution >= 4 is 11.9 Å². The van der Waals surface area contributed by atoms with Crippen LogP contribution in [0.25, 0.3) is 0 Å². The highest BCUT2D eigenvalue weighted by Crippen LogP contribution is 2.16. The number of phenolic OH excluding ortho intramolecular Hbond substituents is 1. The number of para-hydroxylation sites is 1. The Morgan fingerprint density at radius 1 is 0.788 bits per heavy atom. The maximum absolute atomic E-state index is 11.3. The second-order valence-corrected chi connectivity index (χ2v) is 8.77. The van der Waals surface area contributed by atoms with Gasteiger partial charge in [0.15, 0.2) is 0 Å². The maximum atomic E-state index is 11.3. The van der Waals surface area contributed by atoms with Gasteiger partial charge in [0.1, 0.15) is 11.3 Å². The molecule has 1 aromatic rings. The zero-order chi connectivity index (χ0) is 24.7. The molecule has 0 aliphatic rings. The Balaban J connectivity index is 0.000000716. The molecule has 0 aliphatic carbocycles. The van der Waals surface area contributed by atoms with Crippen LogP contribution in [0, 0.1) is 0 Å². The Bertz CT molecular complexity index is 612. The highest BCUT2D eigenvalue weighted by molar-refractivity contribution is 5.92. The van der Waals surface area contributed by atoms with E-state index in [0.717, 1.165) is 6.42 Å². The lowest BCUT2D eigenvalue weighted by molar-refractivity contribution is -0.147. The van der Waals surface area contributed by atoms with Crippen LogP contribution in [0.4, 0.5) is 0 Å². The number of hydrogen-bond donors (Lipinski definition) is 1. The van der Waals surface area contributed by atoms with Crippen molar-refractivity contribution in [3.8, 4) is 5.75 Å². The van der Waals surface area contributed by atoms with Gasteiger partial charge in [0, 0.05) is 6.42 Å². The lowest BCUT2D eigenvalue weighted by Crippen LogP contribution is -2.10. The molecule has 0 atom stereocenters. The number of hydrogen-bond acceptors (Lipinski definition) is 5. The Labute approximate surface area is 202 Å². The van der Waals surface area contributed by atoms with Crippen LogP contribution < -0.4 is 0 Å². The summed E-state index contributed by atoms with van der Waals surface area (Å²) < 4.78 is 9.83. The molecule has 0 heterocycles. The first-order valence-electron chi connectivity index (χ1n) is 13.1. The molecule has 190 valence electrons. The molecular weight excluding hydrogens is 416 g/mol. The van der Waals surface area contributed by atoms with Gasteiger partial charge in [0.25, 0.3) is 0 Å². The number of aromatic hydroxyl groups is 1. The second-order valence-electron chi connectivity index (χ2n) is 8.77. The molecule has 1 N–H and O–H groups in total. The Morgan fingerprint density at radius 3 is 1.73 bits per heavy atom. The average Bonchev–Trinajstić information content (AvgIpc) is 2.77. The van der Waals surface area contributed by atoms with Gasteiger partial charge in [-0.15, -0.1) is 0 Å². The minimum Gasteiger partial charge on any atom is -0.507 e. The van der Waals surface area contributed by atoms with Crippen molar-refractivity contribution in [3.63, 3.8) is 0 Å². The normalized spacial score (nSPS) is 10.5. The number of phenols is 1. The first-order valence-corrected chi connectivity index (χ1v) is 13.1. The molecule has 0 aromatic heterocycles. The van der Waals surface area contributed by atoms with Crippen molar-refractivity contribution in [2.45, 2.75) is 124 Å². The minimum absolute atomic E-state index is 0.0273. The fraction of sp³-hybridized carbons (Fsp3) is 0.714. The Hall–Kier alpha value is -2.04. The molecular formula is C28H48O5. The zero-order valence-electron chi connectivity index (χ0n) is 21.6.